The van der Waals surface area contributed by atoms with Gasteiger partial charge in [0.15, 0.2) is 0 Å². The molecule has 0 amide bonds. The van der Waals surface area contributed by atoms with E-state index in [1.54, 1.807) is 11.8 Å². The quantitative estimate of drug-likeness (QED) is 0.0199. The van der Waals surface area contributed by atoms with Crippen LogP contribution in [-0.2, 0) is 18.9 Å². The van der Waals surface area contributed by atoms with E-state index >= 15 is 0 Å². The third kappa shape index (κ3) is 108. The molecule has 4 unspecified atom stereocenters. The highest BCUT2D eigenvalue weighted by Gasteiger charge is 2.15. The number of hydrogen-bond donors (Lipinski definition) is 27. The Labute approximate surface area is 653 Å². The summed E-state index contributed by atoms with van der Waals surface area (Å²) in [5.41, 5.74) is 4.87. The zero-order chi connectivity index (χ0) is 83.9. The number of hydrogen-bond acceptors (Lipinski definition) is 40. The molecular weight excluding hydrogens is 1440 g/mol. The number of likely N-dealkylation sites (N-methyl/N-ethyl adjacent to an activating group) is 3. The molecule has 4 aliphatic heterocycles. The number of morpholine rings is 3. The zero-order valence-electron chi connectivity index (χ0n) is 67.8. The molecule has 40 heteroatoms. The minimum atomic E-state index is -0.731. The molecule has 0 aromatic heterocycles. The third-order valence-electron chi connectivity index (χ3n) is 14.9. The Bertz CT molecular complexity index is 1480. The number of nitrogens with one attached hydrogen (secondary N) is 3. The zero-order valence-corrected chi connectivity index (χ0v) is 67.8. The second kappa shape index (κ2) is 108. The summed E-state index contributed by atoms with van der Waals surface area (Å²) in [7, 11) is 1.85. The molecule has 28 N–H and O–H groups in total. The van der Waals surface area contributed by atoms with E-state index in [1.807, 2.05) is 42.5 Å². The summed E-state index contributed by atoms with van der Waals surface area (Å²) >= 11 is 0. The molecule has 109 heavy (non-hydrogen) atoms. The Kier molecular flexibility index (Phi) is 122. The van der Waals surface area contributed by atoms with Gasteiger partial charge in [-0.15, -0.1) is 0 Å². The molecular formula is C69H167N13O27. The van der Waals surface area contributed by atoms with Crippen molar-refractivity contribution in [3.05, 3.63) is 0 Å². The lowest BCUT2D eigenvalue weighted by molar-refractivity contribution is 0.00170. The maximum absolute atomic E-state index is 9.08. The topological polar surface area (TPSA) is 593 Å². The lowest BCUT2D eigenvalue weighted by Gasteiger charge is -2.27. The maximum atomic E-state index is 9.08. The summed E-state index contributed by atoms with van der Waals surface area (Å²) in [5.74, 6) is 0. The maximum Gasteiger partial charge on any atom is 0.0932 e. The normalized spacial score (nSPS) is 15.6. The lowest BCUT2D eigenvalue weighted by atomic mass is 10.3. The van der Waals surface area contributed by atoms with Crippen LogP contribution in [0.5, 0.6) is 0 Å². The van der Waals surface area contributed by atoms with E-state index in [9.17, 15) is 0 Å². The summed E-state index contributed by atoms with van der Waals surface area (Å²) in [6, 6.07) is 0. The molecule has 4 atom stereocenters. The van der Waals surface area contributed by atoms with Crippen LogP contribution < -0.4 is 21.7 Å². The van der Waals surface area contributed by atoms with Gasteiger partial charge in [0.1, 0.15) is 0 Å². The van der Waals surface area contributed by atoms with Crippen molar-refractivity contribution in [2.24, 2.45) is 5.73 Å². The van der Waals surface area contributed by atoms with Crippen molar-refractivity contribution in [2.45, 2.75) is 58.5 Å². The monoisotopic (exact) mass is 1610 g/mol. The summed E-state index contributed by atoms with van der Waals surface area (Å²) < 4.78 is 20.6. The lowest BCUT2D eigenvalue weighted by Crippen LogP contribution is -2.44. The van der Waals surface area contributed by atoms with Crippen LogP contribution in [0.15, 0.2) is 0 Å². The Hall–Kier alpha value is -1.60. The standard InChI is InChI=1S/C8H18N2O2.C7H15NO3.C7H17NO3.C7H15NO2.C7H17NO2.C6H15NO3.C6H13NO2.C6H15NO2.C5H13NO2.C4H11NO2.2C3H9NO2/c11-6-8-12-7-5-10-3-1-9-2-4-10;9-6-7(10)5-8-1-3-11-4-2-8;1-7(11)6-8(2-4-9)3-5-10;9-5-1-2-8-3-6-10-7-4-8;1-3-8(4-2)5-7(10)6-9;8-4-1-7(2-5-9)3-6-10;8-4-1-7-2-5-9-6-3-7;1-2-7(3-5-8)4-6-9;1-6(2-4-7)3-5-8;6-3-1-5-2-4-7;4-1-3(6)2-5;5-2-1-4-3-6/h9,11H,1-8H2;7,9-10H,1-6H2;7,9-11H,2-6H2,1H3;9H,1-7H2;7,9-10H,3-6H2,1-2H3;8-10H,1-6H2;8H,1-6H2;8-9H,2-6H2,1H3;7-8H,2-5H2,1H3;5-7H,1-4H2;3,5-6H,1-2,4H2;4-6H,1-3H2. The summed E-state index contributed by atoms with van der Waals surface area (Å²) in [4.78, 5) is 18.5. The summed E-state index contributed by atoms with van der Waals surface area (Å²) in [6.07, 6.45) is -1.44. The first kappa shape index (κ1) is 123. The van der Waals surface area contributed by atoms with Crippen LogP contribution >= 0.6 is 0 Å². The van der Waals surface area contributed by atoms with E-state index in [1.165, 1.54) is 0 Å². The molecule has 0 saturated carbocycles. The molecule has 4 fully saturated rings. The number of nitrogens with two attached hydrogens (primary N) is 1. The predicted octanol–water partition coefficient (Wildman–Crippen LogP) is -13.2. The number of piperazine rings is 1. The Balaban J connectivity index is -0.000000171. The van der Waals surface area contributed by atoms with E-state index in [2.05, 4.69) is 40.4 Å². The molecule has 4 heterocycles. The Morgan fingerprint density at radius 3 is 1.08 bits per heavy atom. The van der Waals surface area contributed by atoms with Crippen LogP contribution in [0, 0.1) is 0 Å². The summed E-state index contributed by atoms with van der Waals surface area (Å²) in [6.45, 7) is 39.4. The van der Waals surface area contributed by atoms with Crippen LogP contribution in [0.2, 0.25) is 0 Å². The molecule has 670 valence electrons. The summed E-state index contributed by atoms with van der Waals surface area (Å²) in [5, 5.41) is 203. The molecule has 0 aromatic carbocycles. The third-order valence-corrected chi connectivity index (χ3v) is 14.9. The number of β-amino-alcohol motifs (C(OH)–C–C–N with tert-alkyl or cyclic N) is 2. The van der Waals surface area contributed by atoms with Crippen molar-refractivity contribution < 1.29 is 136 Å². The SMILES string of the molecule is CC(O)CN(CCO)CCO.CCN(CC)CC(O)CO.CCN(CCO)CCO.CN(CCO)CCO.NCC(O)CO.OCC(O)CN1CCOCC1.OCCCN1CCOCC1.OCCN(CCO)CCO.OCCN1CCOCC1.OCCNCCO.OCCNCO.OCCOCCN1CCNCC1. The van der Waals surface area contributed by atoms with E-state index in [-0.39, 0.29) is 126 Å². The van der Waals surface area contributed by atoms with Gasteiger partial charge in [-0.05, 0) is 40.0 Å². The number of aliphatic hydroxyl groups is 23. The van der Waals surface area contributed by atoms with Crippen LogP contribution in [0.25, 0.3) is 0 Å². The minimum Gasteiger partial charge on any atom is -0.396 e. The molecule has 0 aromatic rings. The number of rotatable bonds is 48. The first-order valence-corrected chi connectivity index (χ1v) is 38.6. The highest BCUT2D eigenvalue weighted by Crippen LogP contribution is 2.00. The first-order chi connectivity index (χ1) is 52.7. The molecule has 4 rings (SSSR count). The fourth-order valence-corrected chi connectivity index (χ4v) is 8.75. The van der Waals surface area contributed by atoms with Crippen LogP contribution in [0.1, 0.15) is 34.1 Å². The fraction of sp³-hybridized carbons (Fsp3) is 1.00. The first-order valence-electron chi connectivity index (χ1n) is 38.6. The van der Waals surface area contributed by atoms with Crippen molar-refractivity contribution in [1.29, 1.82) is 0 Å². The van der Waals surface area contributed by atoms with Crippen LogP contribution in [0.4, 0.5) is 0 Å². The smallest absolute Gasteiger partial charge is 0.0932 e. The molecule has 0 bridgehead atoms. The number of aliphatic hydroxyl groups excluding tert-OH is 23. The molecule has 0 spiro atoms. The van der Waals surface area contributed by atoms with Crippen LogP contribution in [-0.4, -0.2) is 581 Å². The Morgan fingerprint density at radius 2 is 0.761 bits per heavy atom. The van der Waals surface area contributed by atoms with Crippen LogP contribution in [0.3, 0.4) is 0 Å². The van der Waals surface area contributed by atoms with Gasteiger partial charge in [-0.25, -0.2) is 0 Å². The molecule has 0 aliphatic carbocycles. The van der Waals surface area contributed by atoms with Gasteiger partial charge in [-0.1, -0.05) is 20.8 Å². The van der Waals surface area contributed by atoms with Gasteiger partial charge < -0.3 is 163 Å². The second-order valence-electron chi connectivity index (χ2n) is 24.1. The van der Waals surface area contributed by atoms with Gasteiger partial charge >= 0.3 is 0 Å². The molecule has 4 aliphatic rings. The van der Waals surface area contributed by atoms with E-state index in [0.29, 0.717) is 111 Å². The van der Waals surface area contributed by atoms with Gasteiger partial charge in [-0.3, -0.25) is 39.6 Å². The highest BCUT2D eigenvalue weighted by molar-refractivity contribution is 4.69. The second-order valence-corrected chi connectivity index (χ2v) is 24.1. The van der Waals surface area contributed by atoms with E-state index in [0.717, 1.165) is 157 Å². The van der Waals surface area contributed by atoms with Crippen molar-refractivity contribution >= 4 is 0 Å². The van der Waals surface area contributed by atoms with Gasteiger partial charge in [0.2, 0.25) is 0 Å². The molecule has 40 nitrogen and oxygen atoms in total. The average Bonchev–Trinajstić information content (AvgIpc) is 1.44. The van der Waals surface area contributed by atoms with Crippen molar-refractivity contribution in [3.8, 4) is 0 Å². The average molecular weight is 1610 g/mol. The van der Waals surface area contributed by atoms with E-state index < -0.39 is 24.4 Å². The minimum absolute atomic E-state index is 0.0550. The number of nitrogens with zero attached hydrogens (tertiary/aromatic N) is 9. The van der Waals surface area contributed by atoms with Crippen molar-refractivity contribution in [2.75, 3.05) is 395 Å². The van der Waals surface area contributed by atoms with Crippen molar-refractivity contribution in [1.82, 2.24) is 60.0 Å². The predicted molar refractivity (Wildman–Crippen MR) is 421 cm³/mol. The highest BCUT2D eigenvalue weighted by atomic mass is 16.5. The van der Waals surface area contributed by atoms with Gasteiger partial charge in [0.25, 0.3) is 0 Å². The molecule has 0 radical (unpaired) electrons. The van der Waals surface area contributed by atoms with Crippen molar-refractivity contribution in [3.63, 3.8) is 0 Å². The van der Waals surface area contributed by atoms with E-state index in [4.69, 9.17) is 142 Å². The Morgan fingerprint density at radius 1 is 0.385 bits per heavy atom. The van der Waals surface area contributed by atoms with Gasteiger partial charge in [0.05, 0.1) is 196 Å². The largest absolute Gasteiger partial charge is 0.396 e. The molecule has 4 saturated heterocycles. The van der Waals surface area contributed by atoms with Gasteiger partial charge in [-0.2, -0.15) is 0 Å². The number of ether oxygens (including phenoxy) is 4. The van der Waals surface area contributed by atoms with Gasteiger partial charge in [0, 0.05) is 196 Å². The fourth-order valence-electron chi connectivity index (χ4n) is 8.75.